The van der Waals surface area contributed by atoms with Crippen LogP contribution in [0, 0.1) is 22.7 Å². The first-order valence-electron chi connectivity index (χ1n) is 6.38. The van der Waals surface area contributed by atoms with Gasteiger partial charge in [-0.25, -0.2) is 0 Å². The van der Waals surface area contributed by atoms with Gasteiger partial charge in [0.25, 0.3) is 0 Å². The van der Waals surface area contributed by atoms with Crippen LogP contribution in [-0.2, 0) is 9.59 Å². The molecule has 2 fully saturated rings. The Kier molecular flexibility index (Phi) is 2.72. The first kappa shape index (κ1) is 11.8. The van der Waals surface area contributed by atoms with Crippen LogP contribution in [0.25, 0.3) is 0 Å². The van der Waals surface area contributed by atoms with Crippen molar-refractivity contribution < 1.29 is 9.59 Å². The Morgan fingerprint density at radius 2 is 1.94 bits per heavy atom. The zero-order chi connectivity index (χ0) is 12.0. The highest BCUT2D eigenvalue weighted by atomic mass is 16.1. The fraction of sp³-hybridized carbons (Fsp3) is 0.857. The molecule has 2 nitrogen and oxygen atoms in total. The number of hydrogen-bond donors (Lipinski definition) is 0. The minimum Gasteiger partial charge on any atom is -0.303 e. The molecule has 0 bridgehead atoms. The first-order valence-corrected chi connectivity index (χ1v) is 6.38. The lowest BCUT2D eigenvalue weighted by Crippen LogP contribution is -2.34. The number of Topliss-reactive ketones (excluding diaryl/α,β-unsaturated/α-hetero) is 1. The molecular formula is C14H22O2. The summed E-state index contributed by atoms with van der Waals surface area (Å²) in [6.45, 7) is 6.52. The maximum absolute atomic E-state index is 12.0. The number of aldehydes is 1. The molecule has 0 saturated heterocycles. The van der Waals surface area contributed by atoms with E-state index < -0.39 is 0 Å². The van der Waals surface area contributed by atoms with E-state index in [1.54, 1.807) is 0 Å². The third-order valence-corrected chi connectivity index (χ3v) is 4.81. The largest absolute Gasteiger partial charge is 0.303 e. The number of rotatable bonds is 2. The molecule has 0 spiro atoms. The zero-order valence-corrected chi connectivity index (χ0v) is 10.6. The smallest absolute Gasteiger partial charge is 0.139 e. The molecule has 2 rings (SSSR count). The lowest BCUT2D eigenvalue weighted by atomic mass is 9.70. The van der Waals surface area contributed by atoms with Gasteiger partial charge < -0.3 is 4.79 Å². The highest BCUT2D eigenvalue weighted by Crippen LogP contribution is 2.55. The second kappa shape index (κ2) is 3.68. The van der Waals surface area contributed by atoms with Gasteiger partial charge in [0.1, 0.15) is 12.1 Å². The third kappa shape index (κ3) is 1.72. The predicted octanol–water partition coefficient (Wildman–Crippen LogP) is 3.00. The van der Waals surface area contributed by atoms with Crippen molar-refractivity contribution >= 4 is 12.1 Å². The lowest BCUT2D eigenvalue weighted by molar-refractivity contribution is -0.129. The van der Waals surface area contributed by atoms with Gasteiger partial charge >= 0.3 is 0 Å². The van der Waals surface area contributed by atoms with Crippen LogP contribution in [-0.4, -0.2) is 12.1 Å². The predicted molar refractivity (Wildman–Crippen MR) is 63.0 cm³/mol. The summed E-state index contributed by atoms with van der Waals surface area (Å²) in [7, 11) is 0. The zero-order valence-electron chi connectivity index (χ0n) is 10.6. The van der Waals surface area contributed by atoms with Crippen LogP contribution in [0.3, 0.4) is 0 Å². The van der Waals surface area contributed by atoms with Gasteiger partial charge in [-0.2, -0.15) is 0 Å². The highest BCUT2D eigenvalue weighted by molar-refractivity contribution is 5.87. The molecular weight excluding hydrogens is 200 g/mol. The van der Waals surface area contributed by atoms with E-state index >= 15 is 0 Å². The monoisotopic (exact) mass is 222 g/mol. The van der Waals surface area contributed by atoms with Gasteiger partial charge in [-0.15, -0.1) is 0 Å². The summed E-state index contributed by atoms with van der Waals surface area (Å²) in [5.74, 6) is 0.777. The van der Waals surface area contributed by atoms with Crippen LogP contribution < -0.4 is 0 Å². The lowest BCUT2D eigenvalue weighted by Gasteiger charge is -2.32. The average Bonchev–Trinajstić information content (AvgIpc) is 2.69. The normalized spacial score (nSPS) is 42.6. The summed E-state index contributed by atoms with van der Waals surface area (Å²) in [6.07, 6.45) is 5.78. The van der Waals surface area contributed by atoms with Gasteiger partial charge in [0.15, 0.2) is 0 Å². The molecule has 2 aliphatic rings. The number of hydrogen-bond acceptors (Lipinski definition) is 2. The number of carbonyl (C=O) groups is 2. The molecule has 2 heteroatoms. The molecule has 0 amide bonds. The van der Waals surface area contributed by atoms with Crippen molar-refractivity contribution in [1.29, 1.82) is 0 Å². The average molecular weight is 222 g/mol. The van der Waals surface area contributed by atoms with Gasteiger partial charge in [-0.1, -0.05) is 20.8 Å². The second-order valence-electron chi connectivity index (χ2n) is 6.67. The second-order valence-corrected chi connectivity index (χ2v) is 6.67. The summed E-state index contributed by atoms with van der Waals surface area (Å²) in [5, 5.41) is 0. The minimum absolute atomic E-state index is 0.0991. The summed E-state index contributed by atoms with van der Waals surface area (Å²) in [5.41, 5.74) is 0.0153. The maximum atomic E-state index is 12.0. The Balaban J connectivity index is 2.26. The molecule has 0 aromatic carbocycles. The molecule has 0 aromatic rings. The third-order valence-electron chi connectivity index (χ3n) is 4.81. The van der Waals surface area contributed by atoms with Crippen molar-refractivity contribution in [1.82, 2.24) is 0 Å². The van der Waals surface area contributed by atoms with Gasteiger partial charge in [0.05, 0.1) is 0 Å². The molecule has 2 saturated carbocycles. The summed E-state index contributed by atoms with van der Waals surface area (Å²) < 4.78 is 0. The topological polar surface area (TPSA) is 34.1 Å². The fourth-order valence-electron chi connectivity index (χ4n) is 3.88. The highest BCUT2D eigenvalue weighted by Gasteiger charge is 2.52. The van der Waals surface area contributed by atoms with Crippen molar-refractivity contribution in [3.63, 3.8) is 0 Å². The van der Waals surface area contributed by atoms with E-state index in [1.807, 2.05) is 0 Å². The maximum Gasteiger partial charge on any atom is 0.139 e. The molecule has 90 valence electrons. The molecule has 0 aliphatic heterocycles. The molecule has 16 heavy (non-hydrogen) atoms. The quantitative estimate of drug-likeness (QED) is 0.673. The van der Waals surface area contributed by atoms with E-state index in [2.05, 4.69) is 20.8 Å². The molecule has 0 heterocycles. The number of ketones is 1. The molecule has 2 aliphatic carbocycles. The standard InChI is InChI=1S/C14H22O2/c1-13(2)7-10(9-15)11(8-13)14(3)6-4-5-12(14)16/h9-11H,4-8H2,1-3H3/t10-,11+,14-/m1/s1. The van der Waals surface area contributed by atoms with Crippen molar-refractivity contribution in [2.45, 2.75) is 52.9 Å². The van der Waals surface area contributed by atoms with Gasteiger partial charge in [0.2, 0.25) is 0 Å². The summed E-state index contributed by atoms with van der Waals surface area (Å²) >= 11 is 0. The Bertz CT molecular complexity index is 319. The van der Waals surface area contributed by atoms with Crippen LogP contribution in [0.15, 0.2) is 0 Å². The van der Waals surface area contributed by atoms with Crippen LogP contribution >= 0.6 is 0 Å². The Hall–Kier alpha value is -0.660. The van der Waals surface area contributed by atoms with Gasteiger partial charge in [0, 0.05) is 17.8 Å². The molecule has 0 unspecified atom stereocenters. The Morgan fingerprint density at radius 3 is 2.44 bits per heavy atom. The van der Waals surface area contributed by atoms with Crippen LogP contribution in [0.4, 0.5) is 0 Å². The molecule has 0 radical (unpaired) electrons. The van der Waals surface area contributed by atoms with Crippen molar-refractivity contribution in [3.05, 3.63) is 0 Å². The van der Waals surface area contributed by atoms with Crippen LogP contribution in [0.5, 0.6) is 0 Å². The van der Waals surface area contributed by atoms with E-state index in [1.165, 1.54) is 0 Å². The minimum atomic E-state index is -0.209. The Morgan fingerprint density at radius 1 is 1.25 bits per heavy atom. The fourth-order valence-corrected chi connectivity index (χ4v) is 3.88. The van der Waals surface area contributed by atoms with E-state index in [4.69, 9.17) is 0 Å². The van der Waals surface area contributed by atoms with Crippen LogP contribution in [0.1, 0.15) is 52.9 Å². The Labute approximate surface area is 97.8 Å². The first-order chi connectivity index (χ1) is 7.39. The summed E-state index contributed by atoms with van der Waals surface area (Å²) in [6, 6.07) is 0. The van der Waals surface area contributed by atoms with Gasteiger partial charge in [-0.3, -0.25) is 4.79 Å². The van der Waals surface area contributed by atoms with E-state index in [0.29, 0.717) is 5.78 Å². The summed E-state index contributed by atoms with van der Waals surface area (Å²) in [4.78, 5) is 23.2. The van der Waals surface area contributed by atoms with E-state index in [9.17, 15) is 9.59 Å². The van der Waals surface area contributed by atoms with Crippen molar-refractivity contribution in [2.75, 3.05) is 0 Å². The molecule has 3 atom stereocenters. The molecule has 0 N–H and O–H groups in total. The van der Waals surface area contributed by atoms with Crippen LogP contribution in [0.2, 0.25) is 0 Å². The van der Waals surface area contributed by atoms with Gasteiger partial charge in [-0.05, 0) is 37.0 Å². The van der Waals surface area contributed by atoms with Crippen molar-refractivity contribution in [2.24, 2.45) is 22.7 Å². The van der Waals surface area contributed by atoms with E-state index in [-0.39, 0.29) is 22.7 Å². The molecule has 0 aromatic heterocycles. The van der Waals surface area contributed by atoms with Crippen molar-refractivity contribution in [3.8, 4) is 0 Å². The number of carbonyl (C=O) groups excluding carboxylic acids is 2. The SMILES string of the molecule is CC1(C)C[C@H](C=O)[C@@H]([C@@]2(C)CCCC2=O)C1. The van der Waals surface area contributed by atoms with E-state index in [0.717, 1.165) is 38.4 Å².